The van der Waals surface area contributed by atoms with Crippen molar-refractivity contribution < 1.29 is 19.4 Å². The summed E-state index contributed by atoms with van der Waals surface area (Å²) in [6, 6.07) is 0. The van der Waals surface area contributed by atoms with Crippen LogP contribution in [0.2, 0.25) is 5.02 Å². The van der Waals surface area contributed by atoms with Crippen LogP contribution in [0.15, 0.2) is 0 Å². The Balaban J connectivity index is 1.90. The zero-order valence-electron chi connectivity index (χ0n) is 13.4. The second-order valence-electron chi connectivity index (χ2n) is 7.15. The molecule has 0 spiro atoms. The molecule has 3 atom stereocenters. The van der Waals surface area contributed by atoms with Crippen LogP contribution >= 0.6 is 11.6 Å². The highest BCUT2D eigenvalue weighted by Crippen LogP contribution is 2.56. The first kappa shape index (κ1) is 15.1. The van der Waals surface area contributed by atoms with E-state index in [-0.39, 0.29) is 24.5 Å². The van der Waals surface area contributed by atoms with E-state index in [4.69, 9.17) is 21.1 Å². The lowest BCUT2D eigenvalue weighted by molar-refractivity contribution is -0.137. The molecular weight excluding hydrogens is 316 g/mol. The summed E-state index contributed by atoms with van der Waals surface area (Å²) < 4.78 is 12.0. The Bertz CT molecular complexity index is 641. The maximum atomic E-state index is 11.4. The molecule has 5 heteroatoms. The van der Waals surface area contributed by atoms with E-state index >= 15 is 0 Å². The molecule has 0 saturated heterocycles. The van der Waals surface area contributed by atoms with E-state index in [0.717, 1.165) is 53.9 Å². The lowest BCUT2D eigenvalue weighted by Gasteiger charge is -2.22. The summed E-state index contributed by atoms with van der Waals surface area (Å²) in [5.74, 6) is 1.30. The molecule has 1 aromatic carbocycles. The molecule has 2 heterocycles. The Morgan fingerprint density at radius 2 is 1.78 bits per heavy atom. The van der Waals surface area contributed by atoms with Gasteiger partial charge in [-0.1, -0.05) is 11.6 Å². The lowest BCUT2D eigenvalue weighted by atomic mass is 9.84. The standard InChI is InChI=1S/C18H21ClO4/c1-8-5-12-15(11(7-14(20)21)10-3-4-10)17-13(6-9(2)22-17)16(19)18(12)23-8/h8-11H,3-7H2,1-2H3,(H,20,21). The summed E-state index contributed by atoms with van der Waals surface area (Å²) in [7, 11) is 0. The molecule has 1 N–H and O–H groups in total. The lowest BCUT2D eigenvalue weighted by Crippen LogP contribution is -2.13. The number of hydrogen-bond acceptors (Lipinski definition) is 3. The van der Waals surface area contributed by atoms with Crippen LogP contribution in [0.1, 0.15) is 55.7 Å². The fourth-order valence-corrected chi connectivity index (χ4v) is 4.40. The van der Waals surface area contributed by atoms with Gasteiger partial charge in [0.25, 0.3) is 0 Å². The number of carboxylic acids is 1. The van der Waals surface area contributed by atoms with Crippen LogP contribution in [-0.2, 0) is 17.6 Å². The van der Waals surface area contributed by atoms with Crippen LogP contribution in [0.4, 0.5) is 0 Å². The molecule has 124 valence electrons. The molecule has 4 rings (SSSR count). The SMILES string of the molecule is CC1Cc2c(c(Cl)c3c(c2C(CC(=O)O)C2CC2)OC(C)C3)O1. The first-order valence-corrected chi connectivity index (χ1v) is 8.75. The van der Waals surface area contributed by atoms with Crippen molar-refractivity contribution in [2.45, 2.75) is 64.1 Å². The fourth-order valence-electron chi connectivity index (χ4n) is 4.08. The Hall–Kier alpha value is -1.42. The topological polar surface area (TPSA) is 55.8 Å². The van der Waals surface area contributed by atoms with Gasteiger partial charge in [0, 0.05) is 35.4 Å². The van der Waals surface area contributed by atoms with Gasteiger partial charge in [-0.3, -0.25) is 4.79 Å². The second-order valence-corrected chi connectivity index (χ2v) is 7.53. The van der Waals surface area contributed by atoms with Gasteiger partial charge < -0.3 is 14.6 Å². The third kappa shape index (κ3) is 2.47. The Kier molecular flexibility index (Phi) is 3.49. The van der Waals surface area contributed by atoms with E-state index in [1.54, 1.807) is 0 Å². The van der Waals surface area contributed by atoms with Gasteiger partial charge in [0.1, 0.15) is 23.7 Å². The van der Waals surface area contributed by atoms with E-state index in [1.807, 2.05) is 13.8 Å². The summed E-state index contributed by atoms with van der Waals surface area (Å²) in [5.41, 5.74) is 3.14. The smallest absolute Gasteiger partial charge is 0.303 e. The van der Waals surface area contributed by atoms with Crippen molar-refractivity contribution in [1.82, 2.24) is 0 Å². The van der Waals surface area contributed by atoms with Crippen LogP contribution < -0.4 is 9.47 Å². The molecule has 1 aliphatic carbocycles. The molecule has 0 radical (unpaired) electrons. The highest BCUT2D eigenvalue weighted by Gasteiger charge is 2.42. The molecule has 0 bridgehead atoms. The predicted molar refractivity (Wildman–Crippen MR) is 86.8 cm³/mol. The Labute approximate surface area is 140 Å². The monoisotopic (exact) mass is 336 g/mol. The number of ether oxygens (including phenoxy) is 2. The van der Waals surface area contributed by atoms with E-state index in [1.165, 1.54) is 0 Å². The van der Waals surface area contributed by atoms with Gasteiger partial charge in [0.15, 0.2) is 0 Å². The van der Waals surface area contributed by atoms with Crippen LogP contribution in [0.5, 0.6) is 11.5 Å². The van der Waals surface area contributed by atoms with Crippen LogP contribution in [0.3, 0.4) is 0 Å². The minimum Gasteiger partial charge on any atom is -0.490 e. The second kappa shape index (κ2) is 5.30. The highest BCUT2D eigenvalue weighted by atomic mass is 35.5. The number of halogens is 1. The van der Waals surface area contributed by atoms with Gasteiger partial charge >= 0.3 is 5.97 Å². The molecule has 0 aromatic heterocycles. The summed E-state index contributed by atoms with van der Waals surface area (Å²) in [4.78, 5) is 11.4. The fraction of sp³-hybridized carbons (Fsp3) is 0.611. The van der Waals surface area contributed by atoms with Crippen LogP contribution in [0.25, 0.3) is 0 Å². The average Bonchev–Trinajstić information content (AvgIpc) is 3.14. The van der Waals surface area contributed by atoms with Gasteiger partial charge in [0.2, 0.25) is 0 Å². The largest absolute Gasteiger partial charge is 0.490 e. The number of fused-ring (bicyclic) bond motifs is 2. The molecule has 23 heavy (non-hydrogen) atoms. The summed E-state index contributed by atoms with van der Waals surface area (Å²) in [5, 5.41) is 10.0. The highest BCUT2D eigenvalue weighted by molar-refractivity contribution is 6.33. The minimum atomic E-state index is -0.752. The van der Waals surface area contributed by atoms with Crippen molar-refractivity contribution in [2.75, 3.05) is 0 Å². The molecule has 4 nitrogen and oxygen atoms in total. The van der Waals surface area contributed by atoms with Crippen LogP contribution in [0, 0.1) is 5.92 Å². The maximum Gasteiger partial charge on any atom is 0.303 e. The predicted octanol–water partition coefficient (Wildman–Crippen LogP) is 3.96. The number of benzene rings is 1. The number of carbonyl (C=O) groups is 1. The van der Waals surface area contributed by atoms with Gasteiger partial charge in [-0.2, -0.15) is 0 Å². The zero-order chi connectivity index (χ0) is 16.3. The van der Waals surface area contributed by atoms with E-state index in [2.05, 4.69) is 0 Å². The Morgan fingerprint density at radius 1 is 1.17 bits per heavy atom. The first-order chi connectivity index (χ1) is 11.0. The molecule has 3 aliphatic rings. The van der Waals surface area contributed by atoms with Crippen LogP contribution in [-0.4, -0.2) is 23.3 Å². The number of hydrogen-bond donors (Lipinski definition) is 1. The van der Waals surface area contributed by atoms with Gasteiger partial charge in [-0.25, -0.2) is 0 Å². The average molecular weight is 337 g/mol. The summed E-state index contributed by atoms with van der Waals surface area (Å²) >= 11 is 6.59. The normalized spacial score (nSPS) is 26.2. The molecular formula is C18H21ClO4. The van der Waals surface area contributed by atoms with Crippen molar-refractivity contribution in [1.29, 1.82) is 0 Å². The van der Waals surface area contributed by atoms with Crippen molar-refractivity contribution in [3.63, 3.8) is 0 Å². The van der Waals surface area contributed by atoms with E-state index < -0.39 is 5.97 Å². The van der Waals surface area contributed by atoms with E-state index in [0.29, 0.717) is 10.9 Å². The Morgan fingerprint density at radius 3 is 2.39 bits per heavy atom. The van der Waals surface area contributed by atoms with Gasteiger partial charge in [-0.15, -0.1) is 0 Å². The molecule has 1 saturated carbocycles. The molecule has 2 aliphatic heterocycles. The number of aliphatic carboxylic acids is 1. The summed E-state index contributed by atoms with van der Waals surface area (Å²) in [6.45, 7) is 4.05. The van der Waals surface area contributed by atoms with Gasteiger partial charge in [-0.05, 0) is 32.6 Å². The minimum absolute atomic E-state index is 0.00599. The molecule has 3 unspecified atom stereocenters. The summed E-state index contributed by atoms with van der Waals surface area (Å²) in [6.07, 6.45) is 4.02. The van der Waals surface area contributed by atoms with Crippen molar-refractivity contribution in [3.8, 4) is 11.5 Å². The number of rotatable bonds is 4. The molecule has 1 fully saturated rings. The van der Waals surface area contributed by atoms with E-state index in [9.17, 15) is 9.90 Å². The number of carboxylic acid groups (broad SMARTS) is 1. The van der Waals surface area contributed by atoms with Gasteiger partial charge in [0.05, 0.1) is 11.4 Å². The quantitative estimate of drug-likeness (QED) is 0.904. The van der Waals surface area contributed by atoms with Crippen molar-refractivity contribution in [2.24, 2.45) is 5.92 Å². The molecule has 0 amide bonds. The van der Waals surface area contributed by atoms with Crippen molar-refractivity contribution >= 4 is 17.6 Å². The maximum absolute atomic E-state index is 11.4. The third-order valence-electron chi connectivity index (χ3n) is 5.16. The zero-order valence-corrected chi connectivity index (χ0v) is 14.2. The third-order valence-corrected chi connectivity index (χ3v) is 5.56. The molecule has 1 aromatic rings. The van der Waals surface area contributed by atoms with Crippen molar-refractivity contribution in [3.05, 3.63) is 21.7 Å². The first-order valence-electron chi connectivity index (χ1n) is 8.37.